The minimum atomic E-state index is 0.135. The summed E-state index contributed by atoms with van der Waals surface area (Å²) in [5, 5.41) is 3.40. The van der Waals surface area contributed by atoms with Crippen LogP contribution in [-0.2, 0) is 9.53 Å². The second-order valence-corrected chi connectivity index (χ2v) is 4.29. The Morgan fingerprint density at radius 3 is 3.00 bits per heavy atom. The van der Waals surface area contributed by atoms with Gasteiger partial charge in [-0.2, -0.15) is 0 Å². The summed E-state index contributed by atoms with van der Waals surface area (Å²) in [5.74, 6) is 0.135. The third kappa shape index (κ3) is 4.49. The smallest absolute Gasteiger partial charge is 0.248 e. The molecule has 0 bridgehead atoms. The minimum Gasteiger partial charge on any atom is -0.372 e. The zero-order chi connectivity index (χ0) is 11.8. The molecule has 1 amide bonds. The Bertz CT molecular complexity index is 207. The number of likely N-dealkylation sites (N-methyl/N-ethyl adjacent to an activating group) is 1. The molecule has 0 aromatic heterocycles. The van der Waals surface area contributed by atoms with Crippen molar-refractivity contribution >= 4 is 5.91 Å². The number of rotatable bonds is 6. The van der Waals surface area contributed by atoms with E-state index >= 15 is 0 Å². The molecule has 1 atom stereocenters. The second kappa shape index (κ2) is 7.63. The van der Waals surface area contributed by atoms with Crippen LogP contribution in [0.25, 0.3) is 0 Å². The monoisotopic (exact) mass is 228 g/mol. The molecule has 0 spiro atoms. The molecule has 0 aromatic rings. The van der Waals surface area contributed by atoms with Gasteiger partial charge in [0, 0.05) is 25.7 Å². The highest BCUT2D eigenvalue weighted by molar-refractivity contribution is 5.77. The number of carbonyl (C=O) groups is 1. The lowest BCUT2D eigenvalue weighted by Crippen LogP contribution is -2.48. The lowest BCUT2D eigenvalue weighted by Gasteiger charge is -2.33. The van der Waals surface area contributed by atoms with Crippen LogP contribution in [0, 0.1) is 0 Å². The molecule has 1 aliphatic rings. The van der Waals surface area contributed by atoms with Gasteiger partial charge in [-0.15, -0.1) is 0 Å². The van der Waals surface area contributed by atoms with E-state index in [4.69, 9.17) is 4.74 Å². The summed E-state index contributed by atoms with van der Waals surface area (Å²) in [7, 11) is 0. The lowest BCUT2D eigenvalue weighted by molar-refractivity contribution is -0.137. The fourth-order valence-corrected chi connectivity index (χ4v) is 2.05. The number of piperidine rings is 1. The summed E-state index contributed by atoms with van der Waals surface area (Å²) < 4.78 is 5.28. The first kappa shape index (κ1) is 13.5. The van der Waals surface area contributed by atoms with Crippen molar-refractivity contribution in [1.82, 2.24) is 10.2 Å². The zero-order valence-electron chi connectivity index (χ0n) is 10.5. The van der Waals surface area contributed by atoms with Gasteiger partial charge >= 0.3 is 0 Å². The van der Waals surface area contributed by atoms with Gasteiger partial charge in [-0.3, -0.25) is 4.79 Å². The molecule has 1 saturated heterocycles. The molecule has 0 aliphatic carbocycles. The van der Waals surface area contributed by atoms with Crippen LogP contribution in [-0.4, -0.2) is 49.7 Å². The largest absolute Gasteiger partial charge is 0.372 e. The van der Waals surface area contributed by atoms with E-state index in [0.29, 0.717) is 12.6 Å². The lowest BCUT2D eigenvalue weighted by atomic mass is 10.1. The van der Waals surface area contributed by atoms with Crippen LogP contribution in [0.3, 0.4) is 0 Å². The minimum absolute atomic E-state index is 0.135. The number of ether oxygens (including phenoxy) is 1. The van der Waals surface area contributed by atoms with Crippen LogP contribution >= 0.6 is 0 Å². The zero-order valence-corrected chi connectivity index (χ0v) is 10.5. The molecule has 4 heteroatoms. The van der Waals surface area contributed by atoms with Crippen LogP contribution in [0.4, 0.5) is 0 Å². The number of hydrogen-bond donors (Lipinski definition) is 1. The third-order valence-electron chi connectivity index (χ3n) is 2.84. The van der Waals surface area contributed by atoms with Crippen molar-refractivity contribution in [2.75, 3.05) is 32.8 Å². The fraction of sp³-hybridized carbons (Fsp3) is 0.917. The van der Waals surface area contributed by atoms with Gasteiger partial charge in [-0.05, 0) is 25.8 Å². The molecule has 1 rings (SSSR count). The second-order valence-electron chi connectivity index (χ2n) is 4.29. The Hall–Kier alpha value is -0.610. The van der Waals surface area contributed by atoms with E-state index in [1.54, 1.807) is 0 Å². The van der Waals surface area contributed by atoms with E-state index in [-0.39, 0.29) is 12.5 Å². The number of amides is 1. The molecule has 16 heavy (non-hydrogen) atoms. The van der Waals surface area contributed by atoms with E-state index in [0.717, 1.165) is 32.5 Å². The topological polar surface area (TPSA) is 41.6 Å². The highest BCUT2D eigenvalue weighted by Gasteiger charge is 2.22. The van der Waals surface area contributed by atoms with Gasteiger partial charge in [0.25, 0.3) is 0 Å². The molecular formula is C12H24N2O2. The molecule has 1 heterocycles. The first-order valence-corrected chi connectivity index (χ1v) is 6.36. The number of hydrogen-bond acceptors (Lipinski definition) is 3. The van der Waals surface area contributed by atoms with Crippen LogP contribution < -0.4 is 5.32 Å². The highest BCUT2D eigenvalue weighted by Crippen LogP contribution is 2.10. The Balaban J connectivity index is 2.26. The summed E-state index contributed by atoms with van der Waals surface area (Å²) in [5.41, 5.74) is 0. The Morgan fingerprint density at radius 1 is 1.50 bits per heavy atom. The van der Waals surface area contributed by atoms with Crippen molar-refractivity contribution in [3.05, 3.63) is 0 Å². The van der Waals surface area contributed by atoms with Crippen molar-refractivity contribution in [1.29, 1.82) is 0 Å². The quantitative estimate of drug-likeness (QED) is 0.690. The maximum absolute atomic E-state index is 11.8. The summed E-state index contributed by atoms with van der Waals surface area (Å²) in [4.78, 5) is 13.7. The molecule has 1 aliphatic heterocycles. The van der Waals surface area contributed by atoms with Crippen molar-refractivity contribution in [2.45, 2.75) is 39.2 Å². The summed E-state index contributed by atoms with van der Waals surface area (Å²) in [6.45, 7) is 7.76. The summed E-state index contributed by atoms with van der Waals surface area (Å²) in [6, 6.07) is 0.467. The number of carbonyl (C=O) groups excluding carboxylic acids is 1. The van der Waals surface area contributed by atoms with Gasteiger partial charge in [0.15, 0.2) is 0 Å². The van der Waals surface area contributed by atoms with Crippen molar-refractivity contribution in [2.24, 2.45) is 0 Å². The van der Waals surface area contributed by atoms with E-state index in [1.807, 2.05) is 11.8 Å². The van der Waals surface area contributed by atoms with Gasteiger partial charge in [0.1, 0.15) is 6.61 Å². The maximum Gasteiger partial charge on any atom is 0.248 e. The van der Waals surface area contributed by atoms with Crippen LogP contribution in [0.15, 0.2) is 0 Å². The summed E-state index contributed by atoms with van der Waals surface area (Å²) in [6.07, 6.45) is 3.23. The van der Waals surface area contributed by atoms with Crippen LogP contribution in [0.2, 0.25) is 0 Å². The molecule has 1 unspecified atom stereocenters. The third-order valence-corrected chi connectivity index (χ3v) is 2.84. The molecule has 0 radical (unpaired) electrons. The first-order chi connectivity index (χ1) is 7.77. The Morgan fingerprint density at radius 2 is 2.31 bits per heavy atom. The van der Waals surface area contributed by atoms with Gasteiger partial charge in [-0.1, -0.05) is 13.8 Å². The maximum atomic E-state index is 11.8. The Kier molecular flexibility index (Phi) is 6.42. The van der Waals surface area contributed by atoms with Crippen molar-refractivity contribution in [3.63, 3.8) is 0 Å². The number of nitrogens with zero attached hydrogens (tertiary/aromatic N) is 1. The molecule has 0 aromatic carbocycles. The highest BCUT2D eigenvalue weighted by atomic mass is 16.5. The van der Waals surface area contributed by atoms with Gasteiger partial charge < -0.3 is 15.0 Å². The van der Waals surface area contributed by atoms with Gasteiger partial charge in [-0.25, -0.2) is 0 Å². The van der Waals surface area contributed by atoms with E-state index in [2.05, 4.69) is 12.2 Å². The number of nitrogens with one attached hydrogen (secondary N) is 1. The molecule has 94 valence electrons. The van der Waals surface area contributed by atoms with Crippen molar-refractivity contribution < 1.29 is 9.53 Å². The fourth-order valence-electron chi connectivity index (χ4n) is 2.05. The first-order valence-electron chi connectivity index (χ1n) is 6.36. The average molecular weight is 228 g/mol. The van der Waals surface area contributed by atoms with Crippen molar-refractivity contribution in [3.8, 4) is 0 Å². The van der Waals surface area contributed by atoms with Crippen LogP contribution in [0.1, 0.15) is 33.1 Å². The average Bonchev–Trinajstić information content (AvgIpc) is 2.30. The SMILES string of the molecule is CCCOCC(=O)N1CCCC(NCC)C1. The summed E-state index contributed by atoms with van der Waals surface area (Å²) >= 11 is 0. The molecular weight excluding hydrogens is 204 g/mol. The number of likely N-dealkylation sites (tertiary alicyclic amines) is 1. The van der Waals surface area contributed by atoms with E-state index < -0.39 is 0 Å². The standard InChI is InChI=1S/C12H24N2O2/c1-3-8-16-10-12(15)14-7-5-6-11(9-14)13-4-2/h11,13H,3-10H2,1-2H3. The molecule has 4 nitrogen and oxygen atoms in total. The van der Waals surface area contributed by atoms with Crippen LogP contribution in [0.5, 0.6) is 0 Å². The Labute approximate surface area is 98.3 Å². The predicted octanol–water partition coefficient (Wildman–Crippen LogP) is 1.01. The normalized spacial score (nSPS) is 21.1. The van der Waals surface area contributed by atoms with Gasteiger partial charge in [0.05, 0.1) is 0 Å². The predicted molar refractivity (Wildman–Crippen MR) is 64.4 cm³/mol. The van der Waals surface area contributed by atoms with E-state index in [1.165, 1.54) is 6.42 Å². The van der Waals surface area contributed by atoms with E-state index in [9.17, 15) is 4.79 Å². The van der Waals surface area contributed by atoms with Gasteiger partial charge in [0.2, 0.25) is 5.91 Å². The molecule has 1 fully saturated rings. The molecule has 1 N–H and O–H groups in total. The molecule has 0 saturated carbocycles.